The van der Waals surface area contributed by atoms with Crippen LogP contribution in [0, 0.1) is 17.0 Å². The number of carbonyl (C=O) groups is 1. The highest BCUT2D eigenvalue weighted by molar-refractivity contribution is 5.97. The van der Waals surface area contributed by atoms with Crippen LogP contribution in [-0.2, 0) is 4.79 Å². The number of benzene rings is 2. The van der Waals surface area contributed by atoms with Gasteiger partial charge in [0.2, 0.25) is 5.91 Å². The SMILES string of the molecule is Cc1cc(N2CCN(C(C(N)=O)c3ccccc3)CC2)c2cccc([N+](=O)[O-])c2n1. The van der Waals surface area contributed by atoms with Crippen molar-refractivity contribution in [2.75, 3.05) is 31.1 Å². The summed E-state index contributed by atoms with van der Waals surface area (Å²) >= 11 is 0. The average Bonchev–Trinajstić information content (AvgIpc) is 2.74. The Hall–Kier alpha value is -3.52. The van der Waals surface area contributed by atoms with E-state index in [0.29, 0.717) is 31.7 Å². The minimum absolute atomic E-state index is 0.00829. The molecule has 1 fully saturated rings. The molecule has 1 saturated heterocycles. The standard InChI is InChI=1S/C22H23N5O3/c1-15-14-19(17-8-5-9-18(27(29)30)20(17)24-15)25-10-12-26(13-11-25)21(22(23)28)16-6-3-2-4-7-16/h2-9,14,21H,10-13H2,1H3,(H2,23,28). The van der Waals surface area contributed by atoms with Gasteiger partial charge in [0, 0.05) is 49.0 Å². The molecule has 154 valence electrons. The van der Waals surface area contributed by atoms with Gasteiger partial charge in [-0.05, 0) is 18.6 Å². The lowest BCUT2D eigenvalue weighted by Gasteiger charge is -2.39. The molecule has 1 atom stereocenters. The summed E-state index contributed by atoms with van der Waals surface area (Å²) in [5.41, 5.74) is 8.67. The first-order valence-corrected chi connectivity index (χ1v) is 9.83. The molecule has 30 heavy (non-hydrogen) atoms. The number of aromatic nitrogens is 1. The number of aryl methyl sites for hydroxylation is 1. The van der Waals surface area contributed by atoms with Gasteiger partial charge in [0.05, 0.1) is 4.92 Å². The molecule has 1 amide bonds. The number of pyridine rings is 1. The van der Waals surface area contributed by atoms with Crippen molar-refractivity contribution in [1.29, 1.82) is 0 Å². The molecule has 0 spiro atoms. The zero-order valence-corrected chi connectivity index (χ0v) is 16.7. The summed E-state index contributed by atoms with van der Waals surface area (Å²) < 4.78 is 0. The largest absolute Gasteiger partial charge is 0.368 e. The lowest BCUT2D eigenvalue weighted by atomic mass is 10.0. The highest BCUT2D eigenvalue weighted by atomic mass is 16.6. The molecule has 2 N–H and O–H groups in total. The Kier molecular flexibility index (Phi) is 5.33. The predicted octanol–water partition coefficient (Wildman–Crippen LogP) is 2.80. The first-order valence-electron chi connectivity index (χ1n) is 9.83. The van der Waals surface area contributed by atoms with Crippen LogP contribution in [0.15, 0.2) is 54.6 Å². The smallest absolute Gasteiger partial charge is 0.295 e. The van der Waals surface area contributed by atoms with E-state index in [1.165, 1.54) is 6.07 Å². The second kappa shape index (κ2) is 8.08. The van der Waals surface area contributed by atoms with Crippen molar-refractivity contribution in [2.45, 2.75) is 13.0 Å². The minimum atomic E-state index is -0.467. The highest BCUT2D eigenvalue weighted by Gasteiger charge is 2.30. The van der Waals surface area contributed by atoms with E-state index in [1.54, 1.807) is 6.07 Å². The van der Waals surface area contributed by atoms with Gasteiger partial charge in [0.25, 0.3) is 5.69 Å². The number of para-hydroxylation sites is 1. The van der Waals surface area contributed by atoms with E-state index in [9.17, 15) is 14.9 Å². The van der Waals surface area contributed by atoms with Crippen LogP contribution in [0.5, 0.6) is 0 Å². The summed E-state index contributed by atoms with van der Waals surface area (Å²) in [5, 5.41) is 12.2. The van der Waals surface area contributed by atoms with Crippen LogP contribution < -0.4 is 10.6 Å². The van der Waals surface area contributed by atoms with Gasteiger partial charge in [-0.3, -0.25) is 19.8 Å². The van der Waals surface area contributed by atoms with E-state index in [-0.39, 0.29) is 11.6 Å². The number of amides is 1. The summed E-state index contributed by atoms with van der Waals surface area (Å²) in [6.45, 7) is 4.50. The molecule has 2 heterocycles. The number of carbonyl (C=O) groups excluding carboxylic acids is 1. The fourth-order valence-electron chi connectivity index (χ4n) is 4.16. The number of hydrogen-bond donors (Lipinski definition) is 1. The average molecular weight is 405 g/mol. The molecular formula is C22H23N5O3. The number of fused-ring (bicyclic) bond motifs is 1. The molecule has 0 saturated carbocycles. The van der Waals surface area contributed by atoms with Crippen LogP contribution in [0.4, 0.5) is 11.4 Å². The minimum Gasteiger partial charge on any atom is -0.368 e. The van der Waals surface area contributed by atoms with Gasteiger partial charge in [-0.2, -0.15) is 0 Å². The summed E-state index contributed by atoms with van der Waals surface area (Å²) in [7, 11) is 0. The number of non-ortho nitro benzene ring substituents is 1. The van der Waals surface area contributed by atoms with Gasteiger partial charge in [0.1, 0.15) is 6.04 Å². The van der Waals surface area contributed by atoms with Gasteiger partial charge < -0.3 is 10.6 Å². The van der Waals surface area contributed by atoms with E-state index in [0.717, 1.165) is 22.3 Å². The van der Waals surface area contributed by atoms with Gasteiger partial charge in [0.15, 0.2) is 5.52 Å². The first kappa shape index (κ1) is 19.8. The van der Waals surface area contributed by atoms with Crippen molar-refractivity contribution in [2.24, 2.45) is 5.73 Å². The number of nitrogens with zero attached hydrogens (tertiary/aromatic N) is 4. The van der Waals surface area contributed by atoms with Crippen molar-refractivity contribution in [1.82, 2.24) is 9.88 Å². The van der Waals surface area contributed by atoms with E-state index in [2.05, 4.69) is 14.8 Å². The second-order valence-electron chi connectivity index (χ2n) is 7.45. The number of anilines is 1. The normalized spacial score (nSPS) is 15.8. The van der Waals surface area contributed by atoms with Crippen LogP contribution in [-0.4, -0.2) is 46.9 Å². The van der Waals surface area contributed by atoms with E-state index >= 15 is 0 Å². The van der Waals surface area contributed by atoms with Crippen LogP contribution in [0.25, 0.3) is 10.9 Å². The maximum Gasteiger partial charge on any atom is 0.295 e. The van der Waals surface area contributed by atoms with Crippen LogP contribution in [0.1, 0.15) is 17.3 Å². The van der Waals surface area contributed by atoms with Crippen LogP contribution >= 0.6 is 0 Å². The molecule has 0 bridgehead atoms. The molecule has 1 aromatic heterocycles. The van der Waals surface area contributed by atoms with Gasteiger partial charge in [-0.1, -0.05) is 42.5 Å². The molecule has 0 aliphatic carbocycles. The van der Waals surface area contributed by atoms with Crippen LogP contribution in [0.2, 0.25) is 0 Å². The fourth-order valence-corrected chi connectivity index (χ4v) is 4.16. The van der Waals surface area contributed by atoms with Gasteiger partial charge in [-0.15, -0.1) is 0 Å². The fraction of sp³-hybridized carbons (Fsp3) is 0.273. The van der Waals surface area contributed by atoms with E-state index < -0.39 is 11.0 Å². The number of rotatable bonds is 5. The highest BCUT2D eigenvalue weighted by Crippen LogP contribution is 2.33. The Morgan fingerprint density at radius 1 is 1.10 bits per heavy atom. The van der Waals surface area contributed by atoms with E-state index in [1.807, 2.05) is 49.4 Å². The maximum atomic E-state index is 12.2. The lowest BCUT2D eigenvalue weighted by molar-refractivity contribution is -0.383. The summed E-state index contributed by atoms with van der Waals surface area (Å²) in [6.07, 6.45) is 0. The number of primary amides is 1. The Morgan fingerprint density at radius 2 is 1.80 bits per heavy atom. The summed E-state index contributed by atoms with van der Waals surface area (Å²) in [6, 6.07) is 16.1. The number of piperazine rings is 1. The molecule has 1 aliphatic rings. The molecule has 8 heteroatoms. The number of nitro groups is 1. The third kappa shape index (κ3) is 3.69. The van der Waals surface area contributed by atoms with Crippen molar-refractivity contribution >= 4 is 28.2 Å². The number of hydrogen-bond acceptors (Lipinski definition) is 6. The molecule has 1 aliphatic heterocycles. The van der Waals surface area contributed by atoms with Gasteiger partial charge >= 0.3 is 0 Å². The van der Waals surface area contributed by atoms with Crippen molar-refractivity contribution in [3.05, 3.63) is 76.0 Å². The molecule has 2 aromatic carbocycles. The van der Waals surface area contributed by atoms with E-state index in [4.69, 9.17) is 5.73 Å². The zero-order chi connectivity index (χ0) is 21.3. The number of nitro benzene ring substituents is 1. The Labute approximate surface area is 174 Å². The van der Waals surface area contributed by atoms with Crippen molar-refractivity contribution in [3.63, 3.8) is 0 Å². The third-order valence-corrected chi connectivity index (χ3v) is 5.53. The van der Waals surface area contributed by atoms with Gasteiger partial charge in [-0.25, -0.2) is 4.98 Å². The Balaban J connectivity index is 1.62. The lowest BCUT2D eigenvalue weighted by Crippen LogP contribution is -2.50. The number of nitrogens with two attached hydrogens (primary N) is 1. The zero-order valence-electron chi connectivity index (χ0n) is 16.7. The second-order valence-corrected chi connectivity index (χ2v) is 7.45. The monoisotopic (exact) mass is 405 g/mol. The maximum absolute atomic E-state index is 12.2. The third-order valence-electron chi connectivity index (χ3n) is 5.53. The Morgan fingerprint density at radius 3 is 2.43 bits per heavy atom. The predicted molar refractivity (Wildman–Crippen MR) is 115 cm³/mol. The molecule has 8 nitrogen and oxygen atoms in total. The molecular weight excluding hydrogens is 382 g/mol. The summed E-state index contributed by atoms with van der Waals surface area (Å²) in [4.78, 5) is 31.9. The summed E-state index contributed by atoms with van der Waals surface area (Å²) in [5.74, 6) is -0.365. The van der Waals surface area contributed by atoms with Crippen molar-refractivity contribution in [3.8, 4) is 0 Å². The molecule has 1 unspecified atom stereocenters. The Bertz CT molecular complexity index is 1090. The first-order chi connectivity index (χ1) is 14.5. The van der Waals surface area contributed by atoms with Crippen LogP contribution in [0.3, 0.4) is 0 Å². The van der Waals surface area contributed by atoms with Crippen molar-refractivity contribution < 1.29 is 9.72 Å². The molecule has 0 radical (unpaired) electrons. The quantitative estimate of drug-likeness (QED) is 0.517. The topological polar surface area (TPSA) is 106 Å². The molecule has 3 aromatic rings. The molecule has 4 rings (SSSR count).